The summed E-state index contributed by atoms with van der Waals surface area (Å²) < 4.78 is 10.2. The summed E-state index contributed by atoms with van der Waals surface area (Å²) in [5, 5.41) is 4.91. The van der Waals surface area contributed by atoms with E-state index >= 15 is 0 Å². The molecule has 0 aliphatic heterocycles. The predicted molar refractivity (Wildman–Crippen MR) is 106 cm³/mol. The van der Waals surface area contributed by atoms with E-state index in [0.717, 1.165) is 0 Å². The first kappa shape index (κ1) is 20.9. The Hall–Kier alpha value is -3.40. The van der Waals surface area contributed by atoms with Gasteiger partial charge in [-0.25, -0.2) is 0 Å². The topological polar surface area (TPSA) is 122 Å². The van der Waals surface area contributed by atoms with E-state index in [4.69, 9.17) is 21.4 Å². The van der Waals surface area contributed by atoms with Gasteiger partial charge in [-0.3, -0.25) is 30.6 Å². The summed E-state index contributed by atoms with van der Waals surface area (Å²) in [6, 6.07) is 9.95. The van der Waals surface area contributed by atoms with E-state index in [1.54, 1.807) is 30.3 Å². The monoisotopic (exact) mass is 404 g/mol. The molecular weight excluding hydrogens is 384 g/mol. The highest BCUT2D eigenvalue weighted by Gasteiger charge is 2.11. The molecule has 2 aromatic rings. The van der Waals surface area contributed by atoms with E-state index < -0.39 is 11.8 Å². The molecule has 1 aromatic heterocycles. The van der Waals surface area contributed by atoms with E-state index in [1.807, 2.05) is 6.92 Å². The van der Waals surface area contributed by atoms with Gasteiger partial charge in [0.25, 0.3) is 5.91 Å². The lowest BCUT2D eigenvalue weighted by Gasteiger charge is -2.10. The molecule has 0 aliphatic carbocycles. The third-order valence-electron chi connectivity index (χ3n) is 3.32. The number of hydrogen-bond donors (Lipinski definition) is 4. The van der Waals surface area contributed by atoms with Gasteiger partial charge in [0.15, 0.2) is 10.9 Å². The fraction of sp³-hybridized carbons (Fsp3) is 0.222. The zero-order chi connectivity index (χ0) is 20.4. The highest BCUT2D eigenvalue weighted by atomic mass is 32.1. The number of hydrazine groups is 1. The van der Waals surface area contributed by atoms with Gasteiger partial charge in [-0.15, -0.1) is 0 Å². The number of thiocarbonyl (C=S) groups is 1. The second-order valence-corrected chi connectivity index (χ2v) is 5.85. The number of rotatable bonds is 7. The normalized spacial score (nSPS) is 9.89. The molecule has 9 nitrogen and oxygen atoms in total. The van der Waals surface area contributed by atoms with Crippen molar-refractivity contribution in [2.24, 2.45) is 0 Å². The Balaban J connectivity index is 1.65. The predicted octanol–water partition coefficient (Wildman–Crippen LogP) is 1.73. The van der Waals surface area contributed by atoms with Crippen molar-refractivity contribution in [1.82, 2.24) is 16.2 Å². The van der Waals surface area contributed by atoms with Crippen molar-refractivity contribution in [3.63, 3.8) is 0 Å². The van der Waals surface area contributed by atoms with Gasteiger partial charge in [0.05, 0.1) is 12.9 Å². The lowest BCUT2D eigenvalue weighted by atomic mass is 10.2. The quantitative estimate of drug-likeness (QED) is 0.410. The standard InChI is InChI=1S/C18H20N4O5S/c1-2-26-13-7-5-12(6-8-13)19-15(23)9-10-16(24)21-22-18(28)20-17(25)14-4-3-11-27-14/h3-8,11H,2,9-10H2,1H3,(H,19,23)(H,21,24)(H2,20,22,25,28). The molecule has 1 heterocycles. The van der Waals surface area contributed by atoms with Crippen LogP contribution in [0.4, 0.5) is 5.69 Å². The molecule has 4 N–H and O–H groups in total. The van der Waals surface area contributed by atoms with E-state index in [-0.39, 0.29) is 29.6 Å². The van der Waals surface area contributed by atoms with Crippen LogP contribution in [0.25, 0.3) is 0 Å². The Labute approximate surface area is 166 Å². The van der Waals surface area contributed by atoms with Crippen molar-refractivity contribution in [2.45, 2.75) is 19.8 Å². The van der Waals surface area contributed by atoms with E-state index in [0.29, 0.717) is 18.0 Å². The van der Waals surface area contributed by atoms with Gasteiger partial charge in [-0.2, -0.15) is 0 Å². The van der Waals surface area contributed by atoms with Crippen LogP contribution in [-0.4, -0.2) is 29.4 Å². The third-order valence-corrected chi connectivity index (χ3v) is 3.52. The lowest BCUT2D eigenvalue weighted by Crippen LogP contribution is -2.48. The maximum absolute atomic E-state index is 11.9. The van der Waals surface area contributed by atoms with E-state index in [1.165, 1.54) is 12.3 Å². The number of ether oxygens (including phenoxy) is 1. The van der Waals surface area contributed by atoms with Crippen LogP contribution in [0.2, 0.25) is 0 Å². The van der Waals surface area contributed by atoms with Gasteiger partial charge in [-0.05, 0) is 55.5 Å². The van der Waals surface area contributed by atoms with E-state index in [9.17, 15) is 14.4 Å². The first-order valence-electron chi connectivity index (χ1n) is 8.44. The molecule has 0 atom stereocenters. The summed E-state index contributed by atoms with van der Waals surface area (Å²) >= 11 is 4.89. The molecule has 3 amide bonds. The van der Waals surface area contributed by atoms with Crippen molar-refractivity contribution in [3.05, 3.63) is 48.4 Å². The third kappa shape index (κ3) is 7.08. The molecule has 0 aliphatic rings. The van der Waals surface area contributed by atoms with Gasteiger partial charge in [0.2, 0.25) is 11.8 Å². The number of furan rings is 1. The van der Waals surface area contributed by atoms with Gasteiger partial charge in [-0.1, -0.05) is 0 Å². The molecule has 28 heavy (non-hydrogen) atoms. The number of amides is 3. The van der Waals surface area contributed by atoms with Crippen molar-refractivity contribution in [1.29, 1.82) is 0 Å². The van der Waals surface area contributed by atoms with Crippen molar-refractivity contribution < 1.29 is 23.5 Å². The highest BCUT2D eigenvalue weighted by molar-refractivity contribution is 7.80. The van der Waals surface area contributed by atoms with Crippen molar-refractivity contribution in [2.75, 3.05) is 11.9 Å². The molecule has 0 radical (unpaired) electrons. The smallest absolute Gasteiger partial charge is 0.293 e. The summed E-state index contributed by atoms with van der Waals surface area (Å²) in [6.07, 6.45) is 1.27. The molecular formula is C18H20N4O5S. The van der Waals surface area contributed by atoms with Crippen LogP contribution in [0, 0.1) is 0 Å². The van der Waals surface area contributed by atoms with Crippen LogP contribution in [0.1, 0.15) is 30.3 Å². The lowest BCUT2D eigenvalue weighted by molar-refractivity contribution is -0.124. The summed E-state index contributed by atoms with van der Waals surface area (Å²) in [6.45, 7) is 2.44. The Kier molecular flexibility index (Phi) is 7.97. The average Bonchev–Trinajstić information content (AvgIpc) is 3.21. The first-order chi connectivity index (χ1) is 13.5. The molecule has 0 saturated carbocycles. The largest absolute Gasteiger partial charge is 0.494 e. The minimum Gasteiger partial charge on any atom is -0.494 e. The van der Waals surface area contributed by atoms with Gasteiger partial charge in [0.1, 0.15) is 5.75 Å². The van der Waals surface area contributed by atoms with E-state index in [2.05, 4.69) is 21.5 Å². The number of benzene rings is 1. The summed E-state index contributed by atoms with van der Waals surface area (Å²) in [5.74, 6) is -0.529. The van der Waals surface area contributed by atoms with Crippen LogP contribution in [0.3, 0.4) is 0 Å². The van der Waals surface area contributed by atoms with Crippen LogP contribution in [0.5, 0.6) is 5.75 Å². The molecule has 2 rings (SSSR count). The fourth-order valence-electron chi connectivity index (χ4n) is 2.04. The summed E-state index contributed by atoms with van der Waals surface area (Å²) in [4.78, 5) is 35.4. The average molecular weight is 404 g/mol. The minimum absolute atomic E-state index is 0.0216. The minimum atomic E-state index is -0.550. The molecule has 0 spiro atoms. The SMILES string of the molecule is CCOc1ccc(NC(=O)CCC(=O)NNC(=S)NC(=O)c2ccco2)cc1. The fourth-order valence-corrected chi connectivity index (χ4v) is 2.19. The Bertz CT molecular complexity index is 821. The molecule has 148 valence electrons. The van der Waals surface area contributed by atoms with Crippen LogP contribution in [-0.2, 0) is 9.59 Å². The van der Waals surface area contributed by atoms with Crippen LogP contribution in [0.15, 0.2) is 47.1 Å². The number of nitrogens with one attached hydrogen (secondary N) is 4. The second kappa shape index (κ2) is 10.7. The van der Waals surface area contributed by atoms with Crippen LogP contribution >= 0.6 is 12.2 Å². The van der Waals surface area contributed by atoms with Crippen LogP contribution < -0.4 is 26.2 Å². The number of anilines is 1. The maximum Gasteiger partial charge on any atom is 0.293 e. The number of carbonyl (C=O) groups excluding carboxylic acids is 3. The maximum atomic E-state index is 11.9. The van der Waals surface area contributed by atoms with Gasteiger partial charge >= 0.3 is 0 Å². The zero-order valence-corrected chi connectivity index (χ0v) is 15.9. The second-order valence-electron chi connectivity index (χ2n) is 5.44. The molecule has 0 fully saturated rings. The Morgan fingerprint density at radius 1 is 1.04 bits per heavy atom. The molecule has 0 unspecified atom stereocenters. The molecule has 10 heteroatoms. The number of hydrogen-bond acceptors (Lipinski definition) is 6. The van der Waals surface area contributed by atoms with Crippen molar-refractivity contribution >= 4 is 40.7 Å². The zero-order valence-electron chi connectivity index (χ0n) is 15.1. The number of carbonyl (C=O) groups is 3. The van der Waals surface area contributed by atoms with Gasteiger partial charge in [0, 0.05) is 18.5 Å². The Morgan fingerprint density at radius 3 is 2.39 bits per heavy atom. The first-order valence-corrected chi connectivity index (χ1v) is 8.85. The molecule has 0 saturated heterocycles. The van der Waals surface area contributed by atoms with Gasteiger partial charge < -0.3 is 14.5 Å². The van der Waals surface area contributed by atoms with Crippen molar-refractivity contribution in [3.8, 4) is 5.75 Å². The molecule has 1 aromatic carbocycles. The summed E-state index contributed by atoms with van der Waals surface area (Å²) in [5.41, 5.74) is 5.29. The molecule has 0 bridgehead atoms. The Morgan fingerprint density at radius 2 is 1.75 bits per heavy atom. The summed E-state index contributed by atoms with van der Waals surface area (Å²) in [7, 11) is 0. The highest BCUT2D eigenvalue weighted by Crippen LogP contribution is 2.15.